The second kappa shape index (κ2) is 15.3. The van der Waals surface area contributed by atoms with E-state index >= 15 is 0 Å². The first-order chi connectivity index (χ1) is 18.8. The molecule has 0 bridgehead atoms. The van der Waals surface area contributed by atoms with Gasteiger partial charge in [-0.25, -0.2) is 4.79 Å². The zero-order valence-corrected chi connectivity index (χ0v) is 25.1. The molecule has 0 spiro atoms. The summed E-state index contributed by atoms with van der Waals surface area (Å²) < 4.78 is 5.48. The van der Waals surface area contributed by atoms with E-state index in [-0.39, 0.29) is 30.0 Å². The third-order valence-corrected chi connectivity index (χ3v) is 6.43. The Labute approximate surface area is 239 Å². The van der Waals surface area contributed by atoms with E-state index in [0.717, 1.165) is 30.4 Å². The Kier molecular flexibility index (Phi) is 12.5. The van der Waals surface area contributed by atoms with Crippen molar-refractivity contribution < 1.29 is 24.2 Å². The number of phenols is 1. The molecule has 8 heteroatoms. The van der Waals surface area contributed by atoms with Crippen LogP contribution in [-0.2, 0) is 20.7 Å². The SMILES string of the molecule is CCCCN(C(=O)C(Cc1ccc(O)cc1)NC(=O)OC(C)(C)C)C(C(=O)NC(C)CCC)c1cccc(C)c1. The van der Waals surface area contributed by atoms with Gasteiger partial charge in [-0.2, -0.15) is 0 Å². The lowest BCUT2D eigenvalue weighted by Gasteiger charge is -2.35. The number of carbonyl (C=O) groups is 3. The molecule has 3 amide bonds. The summed E-state index contributed by atoms with van der Waals surface area (Å²) in [4.78, 5) is 42.7. The van der Waals surface area contributed by atoms with Crippen LogP contribution < -0.4 is 10.6 Å². The molecule has 0 aliphatic heterocycles. The molecule has 0 heterocycles. The summed E-state index contributed by atoms with van der Waals surface area (Å²) >= 11 is 0. The van der Waals surface area contributed by atoms with Gasteiger partial charge in [-0.05, 0) is 70.7 Å². The minimum atomic E-state index is -0.996. The quantitative estimate of drug-likeness (QED) is 0.290. The van der Waals surface area contributed by atoms with E-state index < -0.39 is 23.8 Å². The molecule has 0 aromatic heterocycles. The third kappa shape index (κ3) is 10.5. The predicted octanol–water partition coefficient (Wildman–Crippen LogP) is 5.81. The first kappa shape index (κ1) is 32.7. The van der Waals surface area contributed by atoms with Crippen LogP contribution in [0.2, 0.25) is 0 Å². The minimum Gasteiger partial charge on any atom is -0.508 e. The molecule has 220 valence electrons. The fourth-order valence-corrected chi connectivity index (χ4v) is 4.55. The number of carbonyl (C=O) groups excluding carboxylic acids is 3. The van der Waals surface area contributed by atoms with Crippen molar-refractivity contribution >= 4 is 17.9 Å². The molecule has 0 fully saturated rings. The number of phenolic OH excluding ortho intramolecular Hbond substituents is 1. The van der Waals surface area contributed by atoms with E-state index in [1.54, 1.807) is 37.8 Å². The third-order valence-electron chi connectivity index (χ3n) is 6.43. The van der Waals surface area contributed by atoms with E-state index in [2.05, 4.69) is 17.6 Å². The van der Waals surface area contributed by atoms with Crippen LogP contribution in [-0.4, -0.2) is 52.1 Å². The lowest BCUT2D eigenvalue weighted by molar-refractivity contribution is -0.142. The van der Waals surface area contributed by atoms with Gasteiger partial charge in [0.15, 0.2) is 0 Å². The summed E-state index contributed by atoms with van der Waals surface area (Å²) in [7, 11) is 0. The predicted molar refractivity (Wildman–Crippen MR) is 158 cm³/mol. The van der Waals surface area contributed by atoms with Crippen LogP contribution in [0.4, 0.5) is 4.79 Å². The Morgan fingerprint density at radius 1 is 1.00 bits per heavy atom. The van der Waals surface area contributed by atoms with E-state index in [1.807, 2.05) is 45.0 Å². The Hall–Kier alpha value is -3.55. The highest BCUT2D eigenvalue weighted by molar-refractivity contribution is 5.92. The number of benzene rings is 2. The van der Waals surface area contributed by atoms with Crippen molar-refractivity contribution in [1.29, 1.82) is 0 Å². The molecule has 2 rings (SSSR count). The molecular weight excluding hydrogens is 506 g/mol. The second-order valence-electron chi connectivity index (χ2n) is 11.5. The molecule has 40 heavy (non-hydrogen) atoms. The Balaban J connectivity index is 2.55. The van der Waals surface area contributed by atoms with Gasteiger partial charge < -0.3 is 25.4 Å². The molecule has 0 aliphatic carbocycles. The van der Waals surface area contributed by atoms with Gasteiger partial charge in [0.2, 0.25) is 11.8 Å². The number of nitrogens with one attached hydrogen (secondary N) is 2. The number of alkyl carbamates (subject to hydrolysis) is 1. The molecule has 3 atom stereocenters. The van der Waals surface area contributed by atoms with Crippen LogP contribution in [0.15, 0.2) is 48.5 Å². The number of rotatable bonds is 13. The van der Waals surface area contributed by atoms with Crippen LogP contribution in [0.25, 0.3) is 0 Å². The van der Waals surface area contributed by atoms with Crippen LogP contribution in [0.3, 0.4) is 0 Å². The lowest BCUT2D eigenvalue weighted by atomic mass is 9.98. The largest absolute Gasteiger partial charge is 0.508 e. The maximum atomic E-state index is 14.4. The van der Waals surface area contributed by atoms with Gasteiger partial charge in [0, 0.05) is 19.0 Å². The maximum absolute atomic E-state index is 14.4. The van der Waals surface area contributed by atoms with Crippen molar-refractivity contribution in [3.63, 3.8) is 0 Å². The van der Waals surface area contributed by atoms with Crippen molar-refractivity contribution in [2.24, 2.45) is 0 Å². The summed E-state index contributed by atoms with van der Waals surface area (Å²) in [6.45, 7) is 13.6. The number of hydrogen-bond acceptors (Lipinski definition) is 5. The standard InChI is InChI=1S/C32H47N3O5/c1-8-10-19-35(28(25-14-11-13-22(3)20-25)29(37)33-23(4)12-9-2)30(38)27(34-31(39)40-32(5,6)7)21-24-15-17-26(36)18-16-24/h11,13-18,20,23,27-28,36H,8-10,12,19,21H2,1-7H3,(H,33,37)(H,34,39). The Morgan fingerprint density at radius 2 is 1.68 bits per heavy atom. The van der Waals surface area contributed by atoms with E-state index in [4.69, 9.17) is 4.74 Å². The number of unbranched alkanes of at least 4 members (excludes halogenated alkanes) is 1. The number of aromatic hydroxyl groups is 1. The molecule has 2 aromatic rings. The fourth-order valence-electron chi connectivity index (χ4n) is 4.55. The van der Waals surface area contributed by atoms with E-state index in [9.17, 15) is 19.5 Å². The zero-order chi connectivity index (χ0) is 29.9. The second-order valence-corrected chi connectivity index (χ2v) is 11.5. The highest BCUT2D eigenvalue weighted by Gasteiger charge is 2.36. The maximum Gasteiger partial charge on any atom is 0.408 e. The van der Waals surface area contributed by atoms with Gasteiger partial charge in [-0.15, -0.1) is 0 Å². The van der Waals surface area contributed by atoms with Crippen molar-refractivity contribution in [3.05, 3.63) is 65.2 Å². The van der Waals surface area contributed by atoms with Crippen molar-refractivity contribution in [3.8, 4) is 5.75 Å². The van der Waals surface area contributed by atoms with Crippen LogP contribution in [0.5, 0.6) is 5.75 Å². The molecular formula is C32H47N3O5. The first-order valence-corrected chi connectivity index (χ1v) is 14.3. The van der Waals surface area contributed by atoms with Crippen molar-refractivity contribution in [2.75, 3.05) is 6.54 Å². The fraction of sp³-hybridized carbons (Fsp3) is 0.531. The summed E-state index contributed by atoms with van der Waals surface area (Å²) in [5.74, 6) is -0.525. The minimum absolute atomic E-state index is 0.0550. The zero-order valence-electron chi connectivity index (χ0n) is 25.1. The summed E-state index contributed by atoms with van der Waals surface area (Å²) in [5, 5.41) is 15.6. The first-order valence-electron chi connectivity index (χ1n) is 14.3. The van der Waals surface area contributed by atoms with E-state index in [1.165, 1.54) is 12.1 Å². The molecule has 0 radical (unpaired) electrons. The number of aryl methyl sites for hydroxylation is 1. The molecule has 0 saturated heterocycles. The summed E-state index contributed by atoms with van der Waals surface area (Å²) in [6, 6.07) is 12.2. The number of ether oxygens (including phenoxy) is 1. The van der Waals surface area contributed by atoms with Crippen LogP contribution in [0, 0.1) is 6.92 Å². The Bertz CT molecular complexity index is 1110. The van der Waals surface area contributed by atoms with Gasteiger partial charge in [0.05, 0.1) is 0 Å². The summed E-state index contributed by atoms with van der Waals surface area (Å²) in [6.07, 6.45) is 2.69. The molecule has 3 unspecified atom stereocenters. The van der Waals surface area contributed by atoms with Gasteiger partial charge in [0.25, 0.3) is 0 Å². The molecule has 0 aliphatic rings. The van der Waals surface area contributed by atoms with Gasteiger partial charge in [-0.3, -0.25) is 9.59 Å². The number of nitrogens with zero attached hydrogens (tertiary/aromatic N) is 1. The average molecular weight is 554 g/mol. The van der Waals surface area contributed by atoms with Gasteiger partial charge in [0.1, 0.15) is 23.4 Å². The smallest absolute Gasteiger partial charge is 0.408 e. The van der Waals surface area contributed by atoms with Crippen molar-refractivity contribution in [2.45, 2.75) is 104 Å². The van der Waals surface area contributed by atoms with E-state index in [0.29, 0.717) is 18.5 Å². The molecule has 8 nitrogen and oxygen atoms in total. The van der Waals surface area contributed by atoms with Crippen molar-refractivity contribution in [1.82, 2.24) is 15.5 Å². The van der Waals surface area contributed by atoms with Crippen LogP contribution >= 0.6 is 0 Å². The summed E-state index contributed by atoms with van der Waals surface area (Å²) in [5.41, 5.74) is 1.69. The highest BCUT2D eigenvalue weighted by Crippen LogP contribution is 2.25. The molecule has 0 saturated carbocycles. The lowest BCUT2D eigenvalue weighted by Crippen LogP contribution is -2.54. The normalized spacial score (nSPS) is 13.6. The highest BCUT2D eigenvalue weighted by atomic mass is 16.6. The van der Waals surface area contributed by atoms with Gasteiger partial charge in [-0.1, -0.05) is 68.7 Å². The Morgan fingerprint density at radius 3 is 2.25 bits per heavy atom. The number of hydrogen-bond donors (Lipinski definition) is 3. The van der Waals surface area contributed by atoms with Crippen LogP contribution in [0.1, 0.15) is 90.0 Å². The van der Waals surface area contributed by atoms with Gasteiger partial charge >= 0.3 is 6.09 Å². The molecule has 2 aromatic carbocycles. The average Bonchev–Trinajstić information content (AvgIpc) is 2.86. The number of amides is 3. The monoisotopic (exact) mass is 553 g/mol. The molecule has 3 N–H and O–H groups in total. The topological polar surface area (TPSA) is 108 Å².